The van der Waals surface area contributed by atoms with Crippen molar-refractivity contribution in [2.24, 2.45) is 10.8 Å². The summed E-state index contributed by atoms with van der Waals surface area (Å²) in [5, 5.41) is 10.6. The molecule has 1 atom stereocenters. The number of anilines is 3. The Hall–Kier alpha value is -3.95. The van der Waals surface area contributed by atoms with Crippen LogP contribution in [0.1, 0.15) is 27.2 Å². The topological polar surface area (TPSA) is 126 Å². The molecule has 1 aliphatic heterocycles. The quantitative estimate of drug-likeness (QED) is 0.657. The number of rotatable bonds is 5. The molecule has 3 amide bonds. The van der Waals surface area contributed by atoms with Crippen molar-refractivity contribution >= 4 is 40.7 Å². The van der Waals surface area contributed by atoms with E-state index in [1.54, 1.807) is 51.1 Å². The van der Waals surface area contributed by atoms with Gasteiger partial charge in [-0.05, 0) is 51.1 Å². The molecule has 3 rings (SSSR count). The summed E-state index contributed by atoms with van der Waals surface area (Å²) < 4.78 is 19.0. The third-order valence-corrected chi connectivity index (χ3v) is 4.39. The molecule has 2 aromatic carbocycles. The second kappa shape index (κ2) is 9.04. The molecular formula is C22H24FN5O4. The maximum Gasteiger partial charge on any atom is 0.412 e. The number of nitrogens with one attached hydrogen (secondary N) is 2. The van der Waals surface area contributed by atoms with Crippen LogP contribution in [-0.2, 0) is 14.3 Å². The van der Waals surface area contributed by atoms with Gasteiger partial charge in [-0.2, -0.15) is 5.10 Å². The molecule has 0 bridgehead atoms. The minimum Gasteiger partial charge on any atom is -0.444 e. The summed E-state index contributed by atoms with van der Waals surface area (Å²) in [7, 11) is 0. The molecule has 0 spiro atoms. The number of carbonyl (C=O) groups excluding carboxylic acids is 3. The predicted molar refractivity (Wildman–Crippen MR) is 119 cm³/mol. The summed E-state index contributed by atoms with van der Waals surface area (Å²) >= 11 is 0. The number of benzene rings is 2. The largest absolute Gasteiger partial charge is 0.444 e. The number of nitrogens with zero attached hydrogens (tertiary/aromatic N) is 2. The first-order valence-corrected chi connectivity index (χ1v) is 9.85. The lowest BCUT2D eigenvalue weighted by atomic mass is 10.1. The highest BCUT2D eigenvalue weighted by molar-refractivity contribution is 6.44. The molecule has 1 heterocycles. The van der Waals surface area contributed by atoms with E-state index in [1.807, 2.05) is 0 Å². The maximum atomic E-state index is 13.8. The third kappa shape index (κ3) is 5.60. The normalized spacial score (nSPS) is 15.7. The molecule has 4 N–H and O–H groups in total. The number of hydrogen-bond acceptors (Lipinski definition) is 6. The smallest absolute Gasteiger partial charge is 0.412 e. The van der Waals surface area contributed by atoms with E-state index in [1.165, 1.54) is 11.1 Å². The van der Waals surface area contributed by atoms with E-state index in [2.05, 4.69) is 15.7 Å². The number of hydrazone groups is 1. The minimum atomic E-state index is -0.843. The highest BCUT2D eigenvalue weighted by Crippen LogP contribution is 2.27. The molecule has 1 aliphatic rings. The van der Waals surface area contributed by atoms with Crippen LogP contribution in [0.25, 0.3) is 0 Å². The number of halogens is 1. The minimum absolute atomic E-state index is 0.0114. The summed E-state index contributed by atoms with van der Waals surface area (Å²) in [5.74, 6) is -1.92. The third-order valence-electron chi connectivity index (χ3n) is 4.39. The zero-order valence-corrected chi connectivity index (χ0v) is 17.9. The summed E-state index contributed by atoms with van der Waals surface area (Å²) in [6, 6.07) is 11.4. The molecular weight excluding hydrogens is 417 g/mol. The van der Waals surface area contributed by atoms with E-state index in [4.69, 9.17) is 10.5 Å². The first-order valence-electron chi connectivity index (χ1n) is 9.85. The Morgan fingerprint density at radius 2 is 1.78 bits per heavy atom. The van der Waals surface area contributed by atoms with Gasteiger partial charge in [-0.15, -0.1) is 0 Å². The first kappa shape index (κ1) is 22.7. The van der Waals surface area contributed by atoms with Gasteiger partial charge in [-0.1, -0.05) is 18.2 Å². The van der Waals surface area contributed by atoms with Gasteiger partial charge in [-0.3, -0.25) is 19.9 Å². The Morgan fingerprint density at radius 1 is 1.09 bits per heavy atom. The van der Waals surface area contributed by atoms with Crippen molar-refractivity contribution < 1.29 is 23.5 Å². The van der Waals surface area contributed by atoms with Crippen LogP contribution in [0.15, 0.2) is 53.6 Å². The second-order valence-corrected chi connectivity index (χ2v) is 8.12. The molecule has 32 heavy (non-hydrogen) atoms. The molecule has 0 radical (unpaired) electrons. The Kier molecular flexibility index (Phi) is 6.42. The molecule has 0 fully saturated rings. The van der Waals surface area contributed by atoms with Crippen LogP contribution in [0, 0.1) is 5.82 Å². The van der Waals surface area contributed by atoms with Crippen LogP contribution in [0.5, 0.6) is 0 Å². The van der Waals surface area contributed by atoms with Crippen LogP contribution in [0.3, 0.4) is 0 Å². The number of primary amides is 1. The Balaban J connectivity index is 1.81. The first-order chi connectivity index (χ1) is 15.0. The molecule has 0 saturated carbocycles. The molecule has 10 heteroatoms. The van der Waals surface area contributed by atoms with Crippen molar-refractivity contribution in [3.05, 3.63) is 54.3 Å². The Bertz CT molecular complexity index is 1070. The molecule has 0 aliphatic carbocycles. The monoisotopic (exact) mass is 441 g/mol. The van der Waals surface area contributed by atoms with Crippen LogP contribution < -0.4 is 21.4 Å². The van der Waals surface area contributed by atoms with Gasteiger partial charge in [0.05, 0.1) is 17.1 Å². The summed E-state index contributed by atoms with van der Waals surface area (Å²) in [6.45, 7) is 5.10. The van der Waals surface area contributed by atoms with Crippen LogP contribution >= 0.6 is 0 Å². The van der Waals surface area contributed by atoms with Gasteiger partial charge in [0, 0.05) is 6.42 Å². The zero-order chi connectivity index (χ0) is 23.5. The number of ether oxygens (including phenoxy) is 1. The van der Waals surface area contributed by atoms with Gasteiger partial charge in [0.15, 0.2) is 0 Å². The molecule has 2 aromatic rings. The molecule has 168 valence electrons. The van der Waals surface area contributed by atoms with Crippen molar-refractivity contribution in [3.63, 3.8) is 0 Å². The van der Waals surface area contributed by atoms with Crippen molar-refractivity contribution in [3.8, 4) is 0 Å². The molecule has 1 unspecified atom stereocenters. The van der Waals surface area contributed by atoms with E-state index in [-0.39, 0.29) is 23.5 Å². The van der Waals surface area contributed by atoms with Crippen LogP contribution in [-0.4, -0.2) is 35.3 Å². The fourth-order valence-corrected chi connectivity index (χ4v) is 3.02. The average molecular weight is 441 g/mol. The standard InChI is InChI=1S/C22H24FN5O4/c1-22(2,3)32-21(31)26-15-10-9-13(23)11-16(15)25-20(30)17-12-18(19(24)29)28(27-17)14-7-5-4-6-8-14/h4-11,18H,12H2,1-3H3,(H2,24,29)(H,25,30)(H,26,31). The predicted octanol–water partition coefficient (Wildman–Crippen LogP) is 3.23. The van der Waals surface area contributed by atoms with E-state index in [0.717, 1.165) is 12.1 Å². The second-order valence-electron chi connectivity index (χ2n) is 8.12. The molecule has 9 nitrogen and oxygen atoms in total. The van der Waals surface area contributed by atoms with Crippen molar-refractivity contribution in [1.29, 1.82) is 0 Å². The summed E-state index contributed by atoms with van der Waals surface area (Å²) in [4.78, 5) is 36.9. The lowest BCUT2D eigenvalue weighted by Gasteiger charge is -2.20. The van der Waals surface area contributed by atoms with Crippen LogP contribution in [0.2, 0.25) is 0 Å². The lowest BCUT2D eigenvalue weighted by Crippen LogP contribution is -2.39. The van der Waals surface area contributed by atoms with Crippen molar-refractivity contribution in [2.75, 3.05) is 15.6 Å². The number of hydrogen-bond donors (Lipinski definition) is 3. The zero-order valence-electron chi connectivity index (χ0n) is 17.9. The fourth-order valence-electron chi connectivity index (χ4n) is 3.02. The number of nitrogens with two attached hydrogens (primary N) is 1. The van der Waals surface area contributed by atoms with E-state index < -0.39 is 35.4 Å². The van der Waals surface area contributed by atoms with Gasteiger partial charge in [0.2, 0.25) is 5.91 Å². The fraction of sp³-hybridized carbons (Fsp3) is 0.273. The van der Waals surface area contributed by atoms with Crippen LogP contribution in [0.4, 0.5) is 26.2 Å². The molecule has 0 saturated heterocycles. The number of amides is 3. The summed E-state index contributed by atoms with van der Waals surface area (Å²) in [6.07, 6.45) is -0.790. The van der Waals surface area contributed by atoms with E-state index in [9.17, 15) is 18.8 Å². The highest BCUT2D eigenvalue weighted by atomic mass is 19.1. The molecule has 0 aromatic heterocycles. The van der Waals surface area contributed by atoms with Gasteiger partial charge in [-0.25, -0.2) is 9.18 Å². The van der Waals surface area contributed by atoms with E-state index in [0.29, 0.717) is 5.69 Å². The lowest BCUT2D eigenvalue weighted by molar-refractivity contribution is -0.119. The van der Waals surface area contributed by atoms with Gasteiger partial charge < -0.3 is 15.8 Å². The SMILES string of the molecule is CC(C)(C)OC(=O)Nc1ccc(F)cc1NC(=O)C1=NN(c2ccccc2)C(C(N)=O)C1. The summed E-state index contributed by atoms with van der Waals surface area (Å²) in [5.41, 5.74) is 5.53. The maximum absolute atomic E-state index is 13.8. The Morgan fingerprint density at radius 3 is 2.41 bits per heavy atom. The van der Waals surface area contributed by atoms with Gasteiger partial charge in [0.25, 0.3) is 5.91 Å². The van der Waals surface area contributed by atoms with Gasteiger partial charge >= 0.3 is 6.09 Å². The Labute approximate surface area is 184 Å². The van der Waals surface area contributed by atoms with Crippen molar-refractivity contribution in [1.82, 2.24) is 0 Å². The van der Waals surface area contributed by atoms with Gasteiger partial charge in [0.1, 0.15) is 23.2 Å². The van der Waals surface area contributed by atoms with E-state index >= 15 is 0 Å². The van der Waals surface area contributed by atoms with Crippen molar-refractivity contribution in [2.45, 2.75) is 38.8 Å². The number of carbonyl (C=O) groups is 3. The highest BCUT2D eigenvalue weighted by Gasteiger charge is 2.35. The number of para-hydroxylation sites is 1. The average Bonchev–Trinajstić information content (AvgIpc) is 3.15.